The Balaban J connectivity index is 2.49. The third-order valence-corrected chi connectivity index (χ3v) is 2.41. The van der Waals surface area contributed by atoms with E-state index >= 15 is 0 Å². The zero-order valence-electron chi connectivity index (χ0n) is 9.72. The number of nitrogens with one attached hydrogen (secondary N) is 1. The van der Waals surface area contributed by atoms with E-state index in [9.17, 15) is 9.59 Å². The summed E-state index contributed by atoms with van der Waals surface area (Å²) in [6, 6.07) is 3.03. The van der Waals surface area contributed by atoms with Crippen LogP contribution in [0.3, 0.4) is 0 Å². The van der Waals surface area contributed by atoms with Crippen molar-refractivity contribution in [3.05, 3.63) is 29.0 Å². The largest absolute Gasteiger partial charge is 0.481 e. The van der Waals surface area contributed by atoms with Gasteiger partial charge in [0, 0.05) is 19.9 Å². The summed E-state index contributed by atoms with van der Waals surface area (Å²) >= 11 is 5.64. The zero-order chi connectivity index (χ0) is 13.5. The van der Waals surface area contributed by atoms with Gasteiger partial charge in [-0.3, -0.25) is 9.59 Å². The first kappa shape index (κ1) is 14.4. The van der Waals surface area contributed by atoms with Gasteiger partial charge in [-0.05, 0) is 12.1 Å². The summed E-state index contributed by atoms with van der Waals surface area (Å²) in [5, 5.41) is 11.6. The first-order chi connectivity index (χ1) is 8.52. The molecular weight excluding hydrogens is 260 g/mol. The lowest BCUT2D eigenvalue weighted by molar-refractivity contribution is -0.139. The van der Waals surface area contributed by atoms with Gasteiger partial charge in [-0.25, -0.2) is 4.98 Å². The quantitative estimate of drug-likeness (QED) is 0.805. The van der Waals surface area contributed by atoms with E-state index in [1.54, 1.807) is 6.07 Å². The molecule has 0 aliphatic carbocycles. The van der Waals surface area contributed by atoms with Gasteiger partial charge < -0.3 is 15.2 Å². The molecule has 0 fully saturated rings. The van der Waals surface area contributed by atoms with Gasteiger partial charge in [0.25, 0.3) is 5.91 Å². The molecule has 1 aromatic rings. The average molecular weight is 273 g/mol. The van der Waals surface area contributed by atoms with Gasteiger partial charge in [0.05, 0.1) is 17.5 Å². The van der Waals surface area contributed by atoms with Crippen LogP contribution in [-0.2, 0) is 9.53 Å². The van der Waals surface area contributed by atoms with Crippen molar-refractivity contribution in [2.45, 2.75) is 12.5 Å². The minimum atomic E-state index is -0.985. The summed E-state index contributed by atoms with van der Waals surface area (Å²) in [4.78, 5) is 26.0. The lowest BCUT2D eigenvalue weighted by Crippen LogP contribution is -2.34. The minimum absolute atomic E-state index is 0.103. The standard InChI is InChI=1S/C11H13ClN2O4/c1-18-8(4-10(15)16)6-14-11(17)9-3-2-7(12)5-13-9/h2-3,5,8H,4,6H2,1H3,(H,14,17)(H,15,16). The first-order valence-electron chi connectivity index (χ1n) is 5.17. The van der Waals surface area contributed by atoms with E-state index in [-0.39, 0.29) is 18.7 Å². The Morgan fingerprint density at radius 2 is 2.28 bits per heavy atom. The van der Waals surface area contributed by atoms with Gasteiger partial charge in [-0.15, -0.1) is 0 Å². The molecule has 1 unspecified atom stereocenters. The number of methoxy groups -OCH3 is 1. The first-order valence-corrected chi connectivity index (χ1v) is 5.55. The molecule has 2 N–H and O–H groups in total. The van der Waals surface area contributed by atoms with Crippen molar-refractivity contribution in [2.24, 2.45) is 0 Å². The van der Waals surface area contributed by atoms with Crippen LogP contribution in [0, 0.1) is 0 Å². The molecular formula is C11H13ClN2O4. The summed E-state index contributed by atoms with van der Waals surface area (Å²) in [6.07, 6.45) is 0.616. The van der Waals surface area contributed by atoms with Gasteiger partial charge in [-0.2, -0.15) is 0 Å². The van der Waals surface area contributed by atoms with Crippen LogP contribution in [0.1, 0.15) is 16.9 Å². The number of carbonyl (C=O) groups excluding carboxylic acids is 1. The highest BCUT2D eigenvalue weighted by Gasteiger charge is 2.14. The molecule has 0 radical (unpaired) electrons. The Morgan fingerprint density at radius 1 is 1.56 bits per heavy atom. The molecule has 0 aliphatic rings. The molecule has 0 spiro atoms. The molecule has 1 aromatic heterocycles. The normalized spacial score (nSPS) is 11.9. The smallest absolute Gasteiger partial charge is 0.306 e. The minimum Gasteiger partial charge on any atom is -0.481 e. The summed E-state index contributed by atoms with van der Waals surface area (Å²) in [5.41, 5.74) is 0.213. The second kappa shape index (κ2) is 6.93. The summed E-state index contributed by atoms with van der Waals surface area (Å²) < 4.78 is 4.93. The highest BCUT2D eigenvalue weighted by molar-refractivity contribution is 6.30. The molecule has 0 bridgehead atoms. The van der Waals surface area contributed by atoms with Gasteiger partial charge in [0.2, 0.25) is 0 Å². The van der Waals surface area contributed by atoms with Gasteiger partial charge >= 0.3 is 5.97 Å². The number of ether oxygens (including phenoxy) is 1. The maximum absolute atomic E-state index is 11.6. The fourth-order valence-corrected chi connectivity index (χ4v) is 1.35. The van der Waals surface area contributed by atoms with E-state index in [1.165, 1.54) is 19.4 Å². The molecule has 1 heterocycles. The number of carboxylic acids is 1. The van der Waals surface area contributed by atoms with Crippen molar-refractivity contribution in [3.8, 4) is 0 Å². The average Bonchev–Trinajstić information content (AvgIpc) is 2.34. The lowest BCUT2D eigenvalue weighted by Gasteiger charge is -2.13. The monoisotopic (exact) mass is 272 g/mol. The van der Waals surface area contributed by atoms with E-state index in [2.05, 4.69) is 10.3 Å². The highest BCUT2D eigenvalue weighted by atomic mass is 35.5. The van der Waals surface area contributed by atoms with E-state index in [0.717, 1.165) is 0 Å². The van der Waals surface area contributed by atoms with Crippen LogP contribution in [0.15, 0.2) is 18.3 Å². The van der Waals surface area contributed by atoms with Gasteiger partial charge in [0.15, 0.2) is 0 Å². The van der Waals surface area contributed by atoms with Crippen LogP contribution in [0.4, 0.5) is 0 Å². The van der Waals surface area contributed by atoms with Crippen molar-refractivity contribution in [3.63, 3.8) is 0 Å². The topological polar surface area (TPSA) is 88.5 Å². The number of hydrogen-bond acceptors (Lipinski definition) is 4. The van der Waals surface area contributed by atoms with Gasteiger partial charge in [0.1, 0.15) is 5.69 Å². The summed E-state index contributed by atoms with van der Waals surface area (Å²) in [6.45, 7) is 0.103. The SMILES string of the molecule is COC(CNC(=O)c1ccc(Cl)cn1)CC(=O)O. The molecule has 0 aromatic carbocycles. The molecule has 6 nitrogen and oxygen atoms in total. The Morgan fingerprint density at radius 3 is 2.78 bits per heavy atom. The fourth-order valence-electron chi connectivity index (χ4n) is 1.24. The summed E-state index contributed by atoms with van der Waals surface area (Å²) in [5.74, 6) is -1.39. The van der Waals surface area contributed by atoms with Crippen molar-refractivity contribution in [1.29, 1.82) is 0 Å². The number of carbonyl (C=O) groups is 2. The lowest BCUT2D eigenvalue weighted by atomic mass is 10.2. The molecule has 0 aliphatic heterocycles. The molecule has 1 rings (SSSR count). The Labute approximate surface area is 109 Å². The van der Waals surface area contributed by atoms with Crippen LogP contribution < -0.4 is 5.32 Å². The molecule has 1 atom stereocenters. The van der Waals surface area contributed by atoms with Crippen LogP contribution in [0.2, 0.25) is 5.02 Å². The Hall–Kier alpha value is -1.66. The summed E-state index contributed by atoms with van der Waals surface area (Å²) in [7, 11) is 1.39. The molecule has 98 valence electrons. The number of aromatic nitrogens is 1. The molecule has 1 amide bonds. The highest BCUT2D eigenvalue weighted by Crippen LogP contribution is 2.06. The van der Waals surface area contributed by atoms with Crippen molar-refractivity contribution >= 4 is 23.5 Å². The molecule has 0 saturated carbocycles. The third kappa shape index (κ3) is 4.68. The third-order valence-electron chi connectivity index (χ3n) is 2.19. The van der Waals surface area contributed by atoms with Crippen molar-refractivity contribution < 1.29 is 19.4 Å². The van der Waals surface area contributed by atoms with E-state index in [4.69, 9.17) is 21.4 Å². The molecule has 18 heavy (non-hydrogen) atoms. The number of amides is 1. The predicted octanol–water partition coefficient (Wildman–Crippen LogP) is 0.955. The van der Waals surface area contributed by atoms with Crippen molar-refractivity contribution in [2.75, 3.05) is 13.7 Å². The van der Waals surface area contributed by atoms with E-state index in [1.807, 2.05) is 0 Å². The second-order valence-corrected chi connectivity index (χ2v) is 3.96. The predicted molar refractivity (Wildman–Crippen MR) is 64.6 cm³/mol. The molecule has 0 saturated heterocycles. The number of carboxylic acid groups (broad SMARTS) is 1. The van der Waals surface area contributed by atoms with E-state index < -0.39 is 18.0 Å². The Kier molecular flexibility index (Phi) is 5.54. The van der Waals surface area contributed by atoms with Gasteiger partial charge in [-0.1, -0.05) is 11.6 Å². The number of pyridine rings is 1. The van der Waals surface area contributed by atoms with Crippen LogP contribution in [-0.4, -0.2) is 41.7 Å². The number of rotatable bonds is 6. The van der Waals surface area contributed by atoms with Crippen molar-refractivity contribution in [1.82, 2.24) is 10.3 Å². The number of hydrogen-bond donors (Lipinski definition) is 2. The van der Waals surface area contributed by atoms with Crippen LogP contribution in [0.5, 0.6) is 0 Å². The maximum Gasteiger partial charge on any atom is 0.306 e. The van der Waals surface area contributed by atoms with E-state index in [0.29, 0.717) is 5.02 Å². The Bertz CT molecular complexity index is 422. The zero-order valence-corrected chi connectivity index (χ0v) is 10.5. The number of halogens is 1. The van der Waals surface area contributed by atoms with Crippen LogP contribution >= 0.6 is 11.6 Å². The number of aliphatic carboxylic acids is 1. The molecule has 7 heteroatoms. The van der Waals surface area contributed by atoms with Crippen LogP contribution in [0.25, 0.3) is 0 Å². The second-order valence-electron chi connectivity index (χ2n) is 3.53. The fraction of sp³-hybridized carbons (Fsp3) is 0.364. The maximum atomic E-state index is 11.6. The number of nitrogens with zero attached hydrogens (tertiary/aromatic N) is 1.